The van der Waals surface area contributed by atoms with E-state index in [9.17, 15) is 9.59 Å². The molecule has 0 saturated heterocycles. The van der Waals surface area contributed by atoms with Crippen molar-refractivity contribution in [1.29, 1.82) is 0 Å². The minimum atomic E-state index is -0.622. The molecule has 0 saturated carbocycles. The molecule has 0 spiro atoms. The van der Waals surface area contributed by atoms with Gasteiger partial charge in [-0.3, -0.25) is 19.1 Å². The van der Waals surface area contributed by atoms with E-state index < -0.39 is 6.04 Å². The van der Waals surface area contributed by atoms with Gasteiger partial charge in [0.1, 0.15) is 6.04 Å². The molecule has 0 aliphatic carbocycles. The van der Waals surface area contributed by atoms with Gasteiger partial charge in [0.05, 0.1) is 30.6 Å². The number of rotatable bonds is 6. The molecule has 2 heterocycles. The van der Waals surface area contributed by atoms with Crippen LogP contribution in [0.3, 0.4) is 0 Å². The largest absolute Gasteiger partial charge is 0.383 e. The van der Waals surface area contributed by atoms with E-state index in [1.807, 2.05) is 60.0 Å². The maximum Gasteiger partial charge on any atom is 0.253 e. The molecule has 0 fully saturated rings. The predicted molar refractivity (Wildman–Crippen MR) is 107 cm³/mol. The van der Waals surface area contributed by atoms with Crippen molar-refractivity contribution in [2.45, 2.75) is 19.4 Å². The van der Waals surface area contributed by atoms with Crippen LogP contribution in [0.2, 0.25) is 0 Å². The molecule has 4 rings (SSSR count). The zero-order valence-corrected chi connectivity index (χ0v) is 15.9. The third kappa shape index (κ3) is 3.14. The Labute approximate surface area is 162 Å². The van der Waals surface area contributed by atoms with Gasteiger partial charge in [-0.1, -0.05) is 30.3 Å². The number of benzene rings is 2. The lowest BCUT2D eigenvalue weighted by atomic mass is 10.1. The SMILES string of the molecule is COCCN1C(=O)C(CC(=O)Nc2ccccc2C)n2c1nc1ccccc12. The van der Waals surface area contributed by atoms with E-state index in [1.165, 1.54) is 0 Å². The van der Waals surface area contributed by atoms with Crippen molar-refractivity contribution in [2.24, 2.45) is 0 Å². The van der Waals surface area contributed by atoms with Crippen LogP contribution in [0.1, 0.15) is 18.0 Å². The summed E-state index contributed by atoms with van der Waals surface area (Å²) in [4.78, 5) is 32.0. The molecule has 1 unspecified atom stereocenters. The van der Waals surface area contributed by atoms with Crippen molar-refractivity contribution in [2.75, 3.05) is 30.5 Å². The van der Waals surface area contributed by atoms with Crippen LogP contribution in [0, 0.1) is 6.92 Å². The van der Waals surface area contributed by atoms with E-state index in [4.69, 9.17) is 4.74 Å². The third-order valence-corrected chi connectivity index (χ3v) is 5.00. The highest BCUT2D eigenvalue weighted by Crippen LogP contribution is 2.36. The topological polar surface area (TPSA) is 76.5 Å². The Hall–Kier alpha value is -3.19. The van der Waals surface area contributed by atoms with Crippen LogP contribution in [0.5, 0.6) is 0 Å². The molecule has 7 heteroatoms. The van der Waals surface area contributed by atoms with Crippen molar-refractivity contribution >= 4 is 34.5 Å². The van der Waals surface area contributed by atoms with Crippen molar-refractivity contribution in [3.63, 3.8) is 0 Å². The fourth-order valence-corrected chi connectivity index (χ4v) is 3.58. The molecule has 2 amide bonds. The molecular weight excluding hydrogens is 356 g/mol. The van der Waals surface area contributed by atoms with Gasteiger partial charge in [0.2, 0.25) is 11.9 Å². The molecule has 1 atom stereocenters. The Kier molecular flexibility index (Phi) is 4.83. The second-order valence-electron chi connectivity index (χ2n) is 6.84. The first-order valence-corrected chi connectivity index (χ1v) is 9.23. The van der Waals surface area contributed by atoms with Gasteiger partial charge in [0.25, 0.3) is 5.91 Å². The summed E-state index contributed by atoms with van der Waals surface area (Å²) >= 11 is 0. The molecule has 144 valence electrons. The van der Waals surface area contributed by atoms with Crippen LogP contribution in [0.4, 0.5) is 11.6 Å². The lowest BCUT2D eigenvalue weighted by molar-refractivity contribution is -0.124. The summed E-state index contributed by atoms with van der Waals surface area (Å²) in [7, 11) is 1.59. The molecule has 1 aliphatic rings. The van der Waals surface area contributed by atoms with E-state index in [0.29, 0.717) is 19.1 Å². The predicted octanol–water partition coefficient (Wildman–Crippen LogP) is 2.91. The number of aryl methyl sites for hydroxylation is 1. The maximum absolute atomic E-state index is 13.1. The van der Waals surface area contributed by atoms with Crippen LogP contribution >= 0.6 is 0 Å². The summed E-state index contributed by atoms with van der Waals surface area (Å²) in [5, 5.41) is 2.92. The highest BCUT2D eigenvalue weighted by molar-refractivity contribution is 6.05. The summed E-state index contributed by atoms with van der Waals surface area (Å²) in [6.07, 6.45) is 0.0456. The summed E-state index contributed by atoms with van der Waals surface area (Å²) in [5.41, 5.74) is 3.38. The number of methoxy groups -OCH3 is 1. The van der Waals surface area contributed by atoms with Crippen LogP contribution < -0.4 is 10.2 Å². The summed E-state index contributed by atoms with van der Waals surface area (Å²) < 4.78 is 7.01. The second kappa shape index (κ2) is 7.44. The number of carbonyl (C=O) groups is 2. The Balaban J connectivity index is 1.64. The average Bonchev–Trinajstić information content (AvgIpc) is 3.17. The number of imidazole rings is 1. The monoisotopic (exact) mass is 378 g/mol. The van der Waals surface area contributed by atoms with E-state index in [0.717, 1.165) is 22.3 Å². The van der Waals surface area contributed by atoms with Gasteiger partial charge in [-0.05, 0) is 30.7 Å². The number of nitrogens with zero attached hydrogens (tertiary/aromatic N) is 3. The van der Waals surface area contributed by atoms with E-state index in [2.05, 4.69) is 10.3 Å². The van der Waals surface area contributed by atoms with Gasteiger partial charge < -0.3 is 10.1 Å². The minimum absolute atomic E-state index is 0.0456. The smallest absolute Gasteiger partial charge is 0.253 e. The molecule has 7 nitrogen and oxygen atoms in total. The van der Waals surface area contributed by atoms with Crippen LogP contribution in [0.15, 0.2) is 48.5 Å². The van der Waals surface area contributed by atoms with Crippen molar-refractivity contribution in [3.05, 3.63) is 54.1 Å². The molecular formula is C21H22N4O3. The zero-order valence-electron chi connectivity index (χ0n) is 15.9. The first kappa shape index (κ1) is 18.2. The number of hydrogen-bond donors (Lipinski definition) is 1. The highest BCUT2D eigenvalue weighted by atomic mass is 16.5. The number of fused-ring (bicyclic) bond motifs is 3. The van der Waals surface area contributed by atoms with Crippen molar-refractivity contribution in [3.8, 4) is 0 Å². The molecule has 3 aromatic rings. The van der Waals surface area contributed by atoms with Gasteiger partial charge in [0, 0.05) is 12.8 Å². The highest BCUT2D eigenvalue weighted by Gasteiger charge is 2.40. The van der Waals surface area contributed by atoms with E-state index >= 15 is 0 Å². The number of carbonyl (C=O) groups excluding carboxylic acids is 2. The Morgan fingerprint density at radius 2 is 1.93 bits per heavy atom. The Morgan fingerprint density at radius 1 is 1.18 bits per heavy atom. The summed E-state index contributed by atoms with van der Waals surface area (Å²) in [6, 6.07) is 14.6. The summed E-state index contributed by atoms with van der Waals surface area (Å²) in [6.45, 7) is 2.73. The van der Waals surface area contributed by atoms with Crippen molar-refractivity contribution < 1.29 is 14.3 Å². The normalized spacial score (nSPS) is 15.9. The number of ether oxygens (including phenoxy) is 1. The fraction of sp³-hybridized carbons (Fsp3) is 0.286. The van der Waals surface area contributed by atoms with Crippen LogP contribution in [0.25, 0.3) is 11.0 Å². The Bertz CT molecular complexity index is 1040. The molecule has 28 heavy (non-hydrogen) atoms. The molecule has 0 radical (unpaired) electrons. The molecule has 2 aromatic carbocycles. The van der Waals surface area contributed by atoms with E-state index in [-0.39, 0.29) is 18.2 Å². The molecule has 1 N–H and O–H groups in total. The molecule has 1 aromatic heterocycles. The Morgan fingerprint density at radius 3 is 2.71 bits per heavy atom. The van der Waals surface area contributed by atoms with Gasteiger partial charge in [0.15, 0.2) is 0 Å². The number of hydrogen-bond acceptors (Lipinski definition) is 4. The number of amides is 2. The number of aromatic nitrogens is 2. The number of anilines is 2. The standard InChI is InChI=1S/C21H22N4O3/c1-14-7-3-4-8-15(14)22-19(26)13-18-20(27)24(11-12-28-2)21-23-16-9-5-6-10-17(16)25(18)21/h3-10,18H,11-13H2,1-2H3,(H,22,26). The van der Waals surface area contributed by atoms with Gasteiger partial charge in [-0.25, -0.2) is 4.98 Å². The van der Waals surface area contributed by atoms with Gasteiger partial charge in [-0.2, -0.15) is 0 Å². The number of nitrogens with one attached hydrogen (secondary N) is 1. The first-order valence-electron chi connectivity index (χ1n) is 9.23. The number of para-hydroxylation sites is 3. The first-order chi connectivity index (χ1) is 13.6. The third-order valence-electron chi connectivity index (χ3n) is 5.00. The second-order valence-corrected chi connectivity index (χ2v) is 6.84. The van der Waals surface area contributed by atoms with Crippen LogP contribution in [-0.2, 0) is 14.3 Å². The van der Waals surface area contributed by atoms with Gasteiger partial charge in [-0.15, -0.1) is 0 Å². The molecule has 0 bridgehead atoms. The van der Waals surface area contributed by atoms with Gasteiger partial charge >= 0.3 is 0 Å². The average molecular weight is 378 g/mol. The summed E-state index contributed by atoms with van der Waals surface area (Å²) in [5.74, 6) is 0.229. The molecule has 1 aliphatic heterocycles. The minimum Gasteiger partial charge on any atom is -0.383 e. The fourth-order valence-electron chi connectivity index (χ4n) is 3.58. The lowest BCUT2D eigenvalue weighted by Crippen LogP contribution is -2.33. The zero-order chi connectivity index (χ0) is 19.7. The quantitative estimate of drug-likeness (QED) is 0.716. The lowest BCUT2D eigenvalue weighted by Gasteiger charge is -2.15. The van der Waals surface area contributed by atoms with Crippen LogP contribution in [-0.4, -0.2) is 41.6 Å². The van der Waals surface area contributed by atoms with E-state index in [1.54, 1.807) is 12.0 Å². The maximum atomic E-state index is 13.1. The van der Waals surface area contributed by atoms with Crippen molar-refractivity contribution in [1.82, 2.24) is 9.55 Å².